The molecule has 246 valence electrons. The summed E-state index contributed by atoms with van der Waals surface area (Å²) >= 11 is 0. The molecule has 2 fully saturated rings. The Morgan fingerprint density at radius 3 is 2.29 bits per heavy atom. The molecule has 45 heavy (non-hydrogen) atoms. The summed E-state index contributed by atoms with van der Waals surface area (Å²) in [6, 6.07) is 2.95. The second-order valence-corrected chi connectivity index (χ2v) is 14.4. The molecule has 2 N–H and O–H groups in total. The number of nitrogens with one attached hydrogen (secondary N) is 2. The summed E-state index contributed by atoms with van der Waals surface area (Å²) in [6.07, 6.45) is -5.75. The standard InChI is InChI=1S/C31H40F3N5O6/c1-28(2,3)23(37-26(42)31(32,33)34)25(41)39-15-17-21(30(17,7)8)22(39)24(40)36-18(14-35)16-9-10-19-20(13-16)44-12-11-38(19)27(43)45-29(4,5)6/h9-10,13,17-18,21-23H,11-12,15H2,1-8H3,(H,36,40)(H,37,42)/t17-,18?,21-,22-,23+/m0/s1. The maximum absolute atomic E-state index is 13.8. The molecule has 1 aromatic rings. The first-order chi connectivity index (χ1) is 20.6. The molecule has 5 atom stereocenters. The van der Waals surface area contributed by atoms with E-state index in [1.54, 1.807) is 39.0 Å². The fraction of sp³-hybridized carbons (Fsp3) is 0.645. The second kappa shape index (κ2) is 11.4. The number of hydrogen-bond acceptors (Lipinski definition) is 7. The fourth-order valence-corrected chi connectivity index (χ4v) is 6.18. The van der Waals surface area contributed by atoms with Crippen LogP contribution in [0.2, 0.25) is 0 Å². The number of ether oxygens (including phenoxy) is 2. The lowest BCUT2D eigenvalue weighted by atomic mass is 9.85. The summed E-state index contributed by atoms with van der Waals surface area (Å²) in [7, 11) is 0. The van der Waals surface area contributed by atoms with Crippen LogP contribution in [0.5, 0.6) is 5.75 Å². The molecule has 0 bridgehead atoms. The Balaban J connectivity index is 1.57. The molecule has 1 saturated heterocycles. The number of piperidine rings is 1. The van der Waals surface area contributed by atoms with E-state index in [0.29, 0.717) is 17.0 Å². The van der Waals surface area contributed by atoms with Crippen molar-refractivity contribution < 1.29 is 41.8 Å². The van der Waals surface area contributed by atoms with Gasteiger partial charge in [-0.2, -0.15) is 18.4 Å². The van der Waals surface area contributed by atoms with Crippen LogP contribution < -0.4 is 20.3 Å². The fourth-order valence-electron chi connectivity index (χ4n) is 6.18. The van der Waals surface area contributed by atoms with E-state index in [1.165, 1.54) is 30.6 Å². The first-order valence-electron chi connectivity index (χ1n) is 14.7. The lowest BCUT2D eigenvalue weighted by Crippen LogP contribution is -2.60. The average molecular weight is 636 g/mol. The van der Waals surface area contributed by atoms with E-state index in [1.807, 2.05) is 25.2 Å². The number of halogens is 3. The van der Waals surface area contributed by atoms with Gasteiger partial charge < -0.3 is 25.0 Å². The molecule has 3 aliphatic rings. The summed E-state index contributed by atoms with van der Waals surface area (Å²) in [5.74, 6) is -3.76. The molecular formula is C31H40F3N5O6. The van der Waals surface area contributed by atoms with Gasteiger partial charge in [-0.1, -0.05) is 40.7 Å². The number of carbonyl (C=O) groups excluding carboxylic acids is 4. The van der Waals surface area contributed by atoms with Gasteiger partial charge in [0, 0.05) is 6.54 Å². The van der Waals surface area contributed by atoms with Gasteiger partial charge in [-0.25, -0.2) is 4.79 Å². The average Bonchev–Trinajstić information content (AvgIpc) is 3.23. The molecule has 0 aromatic heterocycles. The van der Waals surface area contributed by atoms with Gasteiger partial charge in [-0.15, -0.1) is 0 Å². The van der Waals surface area contributed by atoms with E-state index in [4.69, 9.17) is 9.47 Å². The van der Waals surface area contributed by atoms with E-state index in [0.717, 1.165) is 0 Å². The Morgan fingerprint density at radius 2 is 1.73 bits per heavy atom. The smallest absolute Gasteiger partial charge is 0.471 e. The predicted molar refractivity (Wildman–Crippen MR) is 156 cm³/mol. The highest BCUT2D eigenvalue weighted by atomic mass is 19.4. The molecule has 4 rings (SSSR count). The van der Waals surface area contributed by atoms with Crippen LogP contribution in [0.3, 0.4) is 0 Å². The van der Waals surface area contributed by atoms with E-state index in [9.17, 15) is 37.6 Å². The second-order valence-electron chi connectivity index (χ2n) is 14.4. The van der Waals surface area contributed by atoms with Crippen LogP contribution in [0.1, 0.15) is 67.0 Å². The summed E-state index contributed by atoms with van der Waals surface area (Å²) < 4.78 is 50.6. The minimum Gasteiger partial charge on any atom is -0.490 e. The van der Waals surface area contributed by atoms with Crippen molar-refractivity contribution in [1.82, 2.24) is 15.5 Å². The monoisotopic (exact) mass is 635 g/mol. The molecular weight excluding hydrogens is 595 g/mol. The Labute approximate surface area is 260 Å². The molecule has 1 aromatic carbocycles. The number of rotatable bonds is 5. The van der Waals surface area contributed by atoms with E-state index >= 15 is 0 Å². The third-order valence-electron chi connectivity index (χ3n) is 8.62. The van der Waals surface area contributed by atoms with Gasteiger partial charge in [0.05, 0.1) is 18.3 Å². The van der Waals surface area contributed by atoms with Crippen molar-refractivity contribution >= 4 is 29.5 Å². The lowest BCUT2D eigenvalue weighted by Gasteiger charge is -2.37. The quantitative estimate of drug-likeness (QED) is 0.497. The number of fused-ring (bicyclic) bond motifs is 2. The number of anilines is 1. The van der Waals surface area contributed by atoms with E-state index in [2.05, 4.69) is 5.32 Å². The molecule has 2 aliphatic heterocycles. The number of likely N-dealkylation sites (tertiary alicyclic amines) is 1. The number of nitriles is 1. The zero-order valence-corrected chi connectivity index (χ0v) is 26.7. The van der Waals surface area contributed by atoms with Gasteiger partial charge in [-0.05, 0) is 61.1 Å². The summed E-state index contributed by atoms with van der Waals surface area (Å²) in [6.45, 7) is 14.3. The molecule has 1 saturated carbocycles. The molecule has 0 radical (unpaired) electrons. The largest absolute Gasteiger partial charge is 0.490 e. The summed E-state index contributed by atoms with van der Waals surface area (Å²) in [4.78, 5) is 54.8. The van der Waals surface area contributed by atoms with Crippen molar-refractivity contribution in [3.05, 3.63) is 23.8 Å². The van der Waals surface area contributed by atoms with Crippen molar-refractivity contribution in [2.24, 2.45) is 22.7 Å². The Hall–Kier alpha value is -4.02. The van der Waals surface area contributed by atoms with Gasteiger partial charge in [-0.3, -0.25) is 19.3 Å². The van der Waals surface area contributed by atoms with Gasteiger partial charge >= 0.3 is 18.2 Å². The first-order valence-corrected chi connectivity index (χ1v) is 14.7. The van der Waals surface area contributed by atoms with Crippen molar-refractivity contribution in [2.45, 2.75) is 85.3 Å². The predicted octanol–water partition coefficient (Wildman–Crippen LogP) is 4.08. The molecule has 1 unspecified atom stereocenters. The molecule has 11 nitrogen and oxygen atoms in total. The first kappa shape index (κ1) is 33.9. The normalized spacial score (nSPS) is 23.4. The minimum atomic E-state index is -5.20. The molecule has 4 amide bonds. The minimum absolute atomic E-state index is 0.0901. The van der Waals surface area contributed by atoms with Crippen LogP contribution >= 0.6 is 0 Å². The van der Waals surface area contributed by atoms with Crippen LogP contribution in [-0.2, 0) is 19.1 Å². The maximum Gasteiger partial charge on any atom is 0.471 e. The van der Waals surface area contributed by atoms with Crippen LogP contribution in [0.15, 0.2) is 18.2 Å². The SMILES string of the molecule is CC(C)(C)OC(=O)N1CCOc2cc(C(C#N)NC(=O)[C@@H]3[C@@H]4[C@H](CN3C(=O)[C@@H](NC(=O)C(F)(F)F)C(C)(C)C)C4(C)C)ccc21. The molecule has 2 heterocycles. The van der Waals surface area contributed by atoms with Gasteiger partial charge in [0.15, 0.2) is 0 Å². The zero-order valence-electron chi connectivity index (χ0n) is 26.7. The van der Waals surface area contributed by atoms with E-state index in [-0.39, 0.29) is 36.9 Å². The number of benzene rings is 1. The number of hydrogen-bond donors (Lipinski definition) is 2. The lowest BCUT2D eigenvalue weighted by molar-refractivity contribution is -0.176. The highest BCUT2D eigenvalue weighted by Gasteiger charge is 2.70. The number of nitrogens with zero attached hydrogens (tertiary/aromatic N) is 3. The van der Waals surface area contributed by atoms with Crippen LogP contribution in [0, 0.1) is 34.0 Å². The van der Waals surface area contributed by atoms with Gasteiger partial charge in [0.25, 0.3) is 0 Å². The summed E-state index contributed by atoms with van der Waals surface area (Å²) in [5, 5.41) is 14.6. The number of carbonyl (C=O) groups is 4. The topological polar surface area (TPSA) is 141 Å². The third-order valence-corrected chi connectivity index (χ3v) is 8.62. The Kier molecular flexibility index (Phi) is 8.58. The number of alkyl halides is 3. The highest BCUT2D eigenvalue weighted by molar-refractivity contribution is 5.95. The van der Waals surface area contributed by atoms with Crippen LogP contribution in [-0.4, -0.2) is 72.3 Å². The zero-order chi connectivity index (χ0) is 33.9. The van der Waals surface area contributed by atoms with Crippen LogP contribution in [0.4, 0.5) is 23.7 Å². The molecule has 14 heteroatoms. The van der Waals surface area contributed by atoms with Crippen LogP contribution in [0.25, 0.3) is 0 Å². The van der Waals surface area contributed by atoms with Crippen molar-refractivity contribution in [1.29, 1.82) is 5.26 Å². The summed E-state index contributed by atoms with van der Waals surface area (Å²) in [5.41, 5.74) is -1.34. The third kappa shape index (κ3) is 6.82. The van der Waals surface area contributed by atoms with Crippen molar-refractivity contribution in [3.63, 3.8) is 0 Å². The molecule has 0 spiro atoms. The highest BCUT2D eigenvalue weighted by Crippen LogP contribution is 2.65. The maximum atomic E-state index is 13.8. The Bertz CT molecular complexity index is 1420. The molecule has 1 aliphatic carbocycles. The Morgan fingerprint density at radius 1 is 1.09 bits per heavy atom. The van der Waals surface area contributed by atoms with Gasteiger partial charge in [0.1, 0.15) is 36.1 Å². The number of amides is 4. The van der Waals surface area contributed by atoms with Crippen molar-refractivity contribution in [3.8, 4) is 11.8 Å². The van der Waals surface area contributed by atoms with Gasteiger partial charge in [0.2, 0.25) is 11.8 Å². The van der Waals surface area contributed by atoms with Crippen molar-refractivity contribution in [2.75, 3.05) is 24.6 Å². The van der Waals surface area contributed by atoms with E-state index < -0.39 is 59.1 Å².